The molecule has 0 saturated heterocycles. The number of rotatable bonds is 3. The van der Waals surface area contributed by atoms with Gasteiger partial charge in [-0.3, -0.25) is 18.6 Å². The van der Waals surface area contributed by atoms with Crippen LogP contribution in [-0.4, -0.2) is 24.9 Å². The minimum Gasteiger partial charge on any atom is -0.296 e. The van der Waals surface area contributed by atoms with Crippen LogP contribution < -0.4 is 5.56 Å². The second-order valence-electron chi connectivity index (χ2n) is 6.08. The first-order chi connectivity index (χ1) is 12.1. The van der Waals surface area contributed by atoms with Crippen molar-refractivity contribution in [2.75, 3.05) is 0 Å². The summed E-state index contributed by atoms with van der Waals surface area (Å²) in [5, 5.41) is 8.00. The van der Waals surface area contributed by atoms with Gasteiger partial charge in [0.25, 0.3) is 5.56 Å². The molecule has 2 aromatic heterocycles. The molecule has 0 unspecified atom stereocenters. The minimum absolute atomic E-state index is 0.0369. The van der Waals surface area contributed by atoms with E-state index >= 15 is 0 Å². The van der Waals surface area contributed by atoms with E-state index in [9.17, 15) is 9.59 Å². The maximum atomic E-state index is 12.9. The van der Waals surface area contributed by atoms with Gasteiger partial charge in [-0.05, 0) is 26.0 Å². The number of carbonyl (C=O) groups excluding carboxylic acids is 1. The van der Waals surface area contributed by atoms with E-state index in [4.69, 9.17) is 0 Å². The number of aryl methyl sites for hydroxylation is 2. The van der Waals surface area contributed by atoms with E-state index in [0.717, 1.165) is 11.1 Å². The number of benzene rings is 2. The van der Waals surface area contributed by atoms with Gasteiger partial charge in [0.1, 0.15) is 5.82 Å². The zero-order valence-electron chi connectivity index (χ0n) is 13.9. The van der Waals surface area contributed by atoms with E-state index in [2.05, 4.69) is 10.2 Å². The van der Waals surface area contributed by atoms with Gasteiger partial charge in [-0.15, -0.1) is 10.2 Å². The molecule has 4 aromatic rings. The van der Waals surface area contributed by atoms with Gasteiger partial charge in [0, 0.05) is 5.56 Å². The number of hydrogen-bond acceptors (Lipinski definition) is 4. The van der Waals surface area contributed by atoms with Crippen LogP contribution in [0.3, 0.4) is 0 Å². The van der Waals surface area contributed by atoms with Crippen molar-refractivity contribution in [2.45, 2.75) is 20.4 Å². The van der Waals surface area contributed by atoms with Crippen LogP contribution in [0.1, 0.15) is 21.7 Å². The molecule has 0 saturated carbocycles. The largest absolute Gasteiger partial charge is 0.297 e. The van der Waals surface area contributed by atoms with Crippen molar-refractivity contribution >= 4 is 22.5 Å². The fourth-order valence-electron chi connectivity index (χ4n) is 3.03. The van der Waals surface area contributed by atoms with Crippen LogP contribution in [0.15, 0.2) is 53.3 Å². The van der Waals surface area contributed by atoms with Crippen LogP contribution >= 0.6 is 0 Å². The molecule has 0 radical (unpaired) electrons. The molecule has 0 amide bonds. The lowest BCUT2D eigenvalue weighted by Gasteiger charge is -2.11. The van der Waals surface area contributed by atoms with Crippen LogP contribution in [0.25, 0.3) is 16.7 Å². The standard InChI is InChI=1S/C19H16N4O2/c1-12-7-9-14(10-8-12)17(24)11-22-15-5-3-4-6-16(15)23-13(2)20-21-18(23)19(22)25/h3-10H,11H2,1-2H3. The third-order valence-corrected chi connectivity index (χ3v) is 4.35. The van der Waals surface area contributed by atoms with Crippen LogP contribution in [0, 0.1) is 13.8 Å². The average molecular weight is 332 g/mol. The summed E-state index contributed by atoms with van der Waals surface area (Å²) in [5.74, 6) is 0.521. The molecule has 0 fully saturated rings. The number of nitrogens with zero attached hydrogens (tertiary/aromatic N) is 4. The van der Waals surface area contributed by atoms with E-state index in [0.29, 0.717) is 16.9 Å². The molecule has 0 aliphatic rings. The zero-order chi connectivity index (χ0) is 17.6. The summed E-state index contributed by atoms with van der Waals surface area (Å²) in [6.07, 6.45) is 0. The number of ketones is 1. The van der Waals surface area contributed by atoms with E-state index in [-0.39, 0.29) is 23.5 Å². The Morgan fingerprint density at radius 3 is 2.36 bits per heavy atom. The van der Waals surface area contributed by atoms with Gasteiger partial charge >= 0.3 is 0 Å². The Kier molecular flexibility index (Phi) is 3.46. The highest BCUT2D eigenvalue weighted by atomic mass is 16.1. The molecule has 0 aliphatic heterocycles. The highest BCUT2D eigenvalue weighted by Gasteiger charge is 2.17. The summed E-state index contributed by atoms with van der Waals surface area (Å²) in [7, 11) is 0. The van der Waals surface area contributed by atoms with Crippen molar-refractivity contribution in [3.05, 3.63) is 75.8 Å². The molecule has 0 spiro atoms. The summed E-state index contributed by atoms with van der Waals surface area (Å²) in [5.41, 5.74) is 3.06. The highest BCUT2D eigenvalue weighted by molar-refractivity contribution is 5.96. The van der Waals surface area contributed by atoms with Crippen molar-refractivity contribution in [2.24, 2.45) is 0 Å². The molecule has 25 heavy (non-hydrogen) atoms. The molecule has 0 N–H and O–H groups in total. The minimum atomic E-state index is -0.320. The quantitative estimate of drug-likeness (QED) is 0.541. The number of Topliss-reactive ketones (excluding diaryl/α,β-unsaturated/α-hetero) is 1. The lowest BCUT2D eigenvalue weighted by molar-refractivity contribution is 0.0972. The average Bonchev–Trinajstić information content (AvgIpc) is 3.01. The van der Waals surface area contributed by atoms with Crippen LogP contribution in [-0.2, 0) is 6.54 Å². The monoisotopic (exact) mass is 332 g/mol. The number of hydrogen-bond donors (Lipinski definition) is 0. The van der Waals surface area contributed by atoms with Crippen LogP contribution in [0.5, 0.6) is 0 Å². The van der Waals surface area contributed by atoms with E-state index in [1.807, 2.05) is 43.3 Å². The van der Waals surface area contributed by atoms with Gasteiger partial charge < -0.3 is 0 Å². The normalized spacial score (nSPS) is 11.3. The first-order valence-corrected chi connectivity index (χ1v) is 7.99. The topological polar surface area (TPSA) is 69.3 Å². The number of aromatic nitrogens is 4. The third-order valence-electron chi connectivity index (χ3n) is 4.35. The Morgan fingerprint density at radius 2 is 1.64 bits per heavy atom. The van der Waals surface area contributed by atoms with Crippen LogP contribution in [0.4, 0.5) is 0 Å². The number of carbonyl (C=O) groups is 1. The molecule has 124 valence electrons. The Bertz CT molecular complexity index is 1170. The predicted molar refractivity (Wildman–Crippen MR) is 95.0 cm³/mol. The Balaban J connectivity index is 1.91. The molecule has 0 aliphatic carbocycles. The van der Waals surface area contributed by atoms with Crippen molar-refractivity contribution in [1.29, 1.82) is 0 Å². The Morgan fingerprint density at radius 1 is 0.960 bits per heavy atom. The van der Waals surface area contributed by atoms with Crippen molar-refractivity contribution in [3.8, 4) is 0 Å². The van der Waals surface area contributed by atoms with Gasteiger partial charge in [0.2, 0.25) is 5.65 Å². The highest BCUT2D eigenvalue weighted by Crippen LogP contribution is 2.16. The molecule has 0 bridgehead atoms. The van der Waals surface area contributed by atoms with Crippen LogP contribution in [0.2, 0.25) is 0 Å². The van der Waals surface area contributed by atoms with E-state index in [1.54, 1.807) is 23.5 Å². The number of fused-ring (bicyclic) bond motifs is 3. The lowest BCUT2D eigenvalue weighted by atomic mass is 10.1. The molecule has 6 heteroatoms. The predicted octanol–water partition coefficient (Wildman–Crippen LogP) is 2.54. The molecule has 6 nitrogen and oxygen atoms in total. The smallest absolute Gasteiger partial charge is 0.296 e. The fraction of sp³-hybridized carbons (Fsp3) is 0.158. The molecular weight excluding hydrogens is 316 g/mol. The van der Waals surface area contributed by atoms with Crippen molar-refractivity contribution < 1.29 is 4.79 Å². The summed E-state index contributed by atoms with van der Waals surface area (Å²) in [6, 6.07) is 14.8. The van der Waals surface area contributed by atoms with Gasteiger partial charge in [0.15, 0.2) is 5.78 Å². The summed E-state index contributed by atoms with van der Waals surface area (Å²) in [4.78, 5) is 25.5. The third kappa shape index (κ3) is 2.42. The molecule has 0 atom stereocenters. The van der Waals surface area contributed by atoms with Crippen molar-refractivity contribution in [3.63, 3.8) is 0 Å². The van der Waals surface area contributed by atoms with Gasteiger partial charge in [-0.2, -0.15) is 0 Å². The summed E-state index contributed by atoms with van der Waals surface area (Å²) >= 11 is 0. The fourth-order valence-corrected chi connectivity index (χ4v) is 3.03. The summed E-state index contributed by atoms with van der Waals surface area (Å²) < 4.78 is 3.20. The maximum Gasteiger partial charge on any atom is 0.297 e. The molecule has 2 aromatic carbocycles. The first-order valence-electron chi connectivity index (χ1n) is 7.99. The van der Waals surface area contributed by atoms with Gasteiger partial charge in [-0.1, -0.05) is 42.0 Å². The second kappa shape index (κ2) is 5.66. The van der Waals surface area contributed by atoms with E-state index < -0.39 is 0 Å². The molecule has 2 heterocycles. The Labute approximate surface area is 143 Å². The molecule has 4 rings (SSSR count). The zero-order valence-corrected chi connectivity index (χ0v) is 13.9. The lowest BCUT2D eigenvalue weighted by Crippen LogP contribution is -2.27. The number of para-hydroxylation sites is 2. The first kappa shape index (κ1) is 15.3. The van der Waals surface area contributed by atoms with Gasteiger partial charge in [0.05, 0.1) is 17.6 Å². The van der Waals surface area contributed by atoms with Gasteiger partial charge in [-0.25, -0.2) is 0 Å². The SMILES string of the molecule is Cc1ccc(C(=O)Cn2c(=O)c3nnc(C)n3c3ccccc32)cc1. The second-order valence-corrected chi connectivity index (χ2v) is 6.08. The Hall–Kier alpha value is -3.28. The molecular formula is C19H16N4O2. The summed E-state index contributed by atoms with van der Waals surface area (Å²) in [6.45, 7) is 3.73. The van der Waals surface area contributed by atoms with Crippen molar-refractivity contribution in [1.82, 2.24) is 19.2 Å². The maximum absolute atomic E-state index is 12.9. The van der Waals surface area contributed by atoms with E-state index in [1.165, 1.54) is 4.57 Å².